The molecule has 0 saturated carbocycles. The number of likely N-dealkylation sites (N-methyl/N-ethyl adjacent to an activating group) is 1. The van der Waals surface area contributed by atoms with E-state index in [1.54, 1.807) is 6.08 Å². The second kappa shape index (κ2) is 49.7. The highest BCUT2D eigenvalue weighted by atomic mass is 31.2. The van der Waals surface area contributed by atoms with Gasteiger partial charge in [0, 0.05) is 6.42 Å². The first kappa shape index (κ1) is 65.7. The summed E-state index contributed by atoms with van der Waals surface area (Å²) in [6.45, 7) is 4.79. The van der Waals surface area contributed by atoms with Crippen molar-refractivity contribution in [2.75, 3.05) is 40.9 Å². The monoisotopic (exact) mass is 966 g/mol. The normalized spacial score (nSPS) is 14.2. The molecular formula is C58H114N2O6P+. The van der Waals surface area contributed by atoms with E-state index < -0.39 is 20.0 Å². The van der Waals surface area contributed by atoms with E-state index in [4.69, 9.17) is 9.05 Å². The lowest BCUT2D eigenvalue weighted by atomic mass is 10.0. The zero-order valence-corrected chi connectivity index (χ0v) is 46.0. The number of unbranched alkanes of at least 4 members (excludes halogenated alkanes) is 36. The van der Waals surface area contributed by atoms with Gasteiger partial charge in [0.15, 0.2) is 0 Å². The lowest BCUT2D eigenvalue weighted by molar-refractivity contribution is -0.870. The van der Waals surface area contributed by atoms with Crippen molar-refractivity contribution in [2.24, 2.45) is 0 Å². The summed E-state index contributed by atoms with van der Waals surface area (Å²) >= 11 is 0. The molecule has 1 amide bonds. The van der Waals surface area contributed by atoms with E-state index in [2.05, 4.69) is 43.5 Å². The van der Waals surface area contributed by atoms with Crippen LogP contribution in [-0.4, -0.2) is 73.4 Å². The number of aliphatic hydroxyl groups is 1. The maximum atomic E-state index is 12.9. The molecule has 0 saturated heterocycles. The Morgan fingerprint density at radius 3 is 1.21 bits per heavy atom. The van der Waals surface area contributed by atoms with Crippen LogP contribution in [0, 0.1) is 0 Å². The van der Waals surface area contributed by atoms with E-state index >= 15 is 0 Å². The third-order valence-corrected chi connectivity index (χ3v) is 14.1. The second-order valence-electron chi connectivity index (χ2n) is 21.0. The van der Waals surface area contributed by atoms with Crippen molar-refractivity contribution in [3.8, 4) is 0 Å². The number of hydrogen-bond acceptors (Lipinski definition) is 5. The molecule has 8 nitrogen and oxygen atoms in total. The number of phosphoric ester groups is 1. The fraction of sp³-hybridized carbons (Fsp3) is 0.879. The fourth-order valence-corrected chi connectivity index (χ4v) is 9.26. The number of phosphoric acid groups is 1. The number of allylic oxidation sites excluding steroid dienone is 5. The minimum absolute atomic E-state index is 0.0549. The Kier molecular flexibility index (Phi) is 48.7. The first-order chi connectivity index (χ1) is 32.5. The van der Waals surface area contributed by atoms with Crippen LogP contribution in [0.25, 0.3) is 0 Å². The Balaban J connectivity index is 4.10. The molecule has 0 aromatic heterocycles. The Bertz CT molecular complexity index is 1190. The standard InChI is InChI=1S/C58H113N2O6P/c1-6-8-10-12-14-16-18-20-21-22-23-24-25-26-27-28-29-30-31-32-33-34-35-36-37-38-40-41-43-45-47-49-51-57(61)56(55-66-67(63,64)65-54-53-60(3,4)5)59-58(62)52-50-48-46-44-42-39-19-17-15-13-11-9-7-2/h17,19,41,43,49,51,56-57,61H,6-16,18,20-40,42,44-48,50,52-55H2,1-5H3,(H-,59,62,63,64)/p+1/b19-17-,43-41+,51-49+. The highest BCUT2D eigenvalue weighted by molar-refractivity contribution is 7.47. The van der Waals surface area contributed by atoms with Gasteiger partial charge in [-0.2, -0.15) is 0 Å². The quantitative estimate of drug-likeness (QED) is 0.0243. The molecule has 0 spiro atoms. The highest BCUT2D eigenvalue weighted by Crippen LogP contribution is 2.43. The van der Waals surface area contributed by atoms with Gasteiger partial charge in [-0.1, -0.05) is 249 Å². The summed E-state index contributed by atoms with van der Waals surface area (Å²) in [5.74, 6) is -0.195. The Labute approximate surface area is 417 Å². The average Bonchev–Trinajstić information content (AvgIpc) is 3.29. The summed E-state index contributed by atoms with van der Waals surface area (Å²) in [5, 5.41) is 13.9. The summed E-state index contributed by atoms with van der Waals surface area (Å²) in [4.78, 5) is 23.2. The van der Waals surface area contributed by atoms with Crippen molar-refractivity contribution in [3.63, 3.8) is 0 Å². The van der Waals surface area contributed by atoms with Gasteiger partial charge in [-0.3, -0.25) is 13.8 Å². The molecule has 0 rings (SSSR count). The van der Waals surface area contributed by atoms with Crippen LogP contribution >= 0.6 is 7.82 Å². The molecule has 0 bridgehead atoms. The predicted molar refractivity (Wildman–Crippen MR) is 291 cm³/mol. The molecule has 0 aromatic carbocycles. The van der Waals surface area contributed by atoms with Crippen LogP contribution in [0.4, 0.5) is 0 Å². The largest absolute Gasteiger partial charge is 0.472 e. The molecule has 0 aliphatic heterocycles. The third-order valence-electron chi connectivity index (χ3n) is 13.1. The zero-order chi connectivity index (χ0) is 49.2. The maximum absolute atomic E-state index is 12.9. The smallest absolute Gasteiger partial charge is 0.387 e. The van der Waals surface area contributed by atoms with E-state index in [1.807, 2.05) is 27.2 Å². The lowest BCUT2D eigenvalue weighted by Crippen LogP contribution is -2.45. The molecule has 0 aliphatic rings. The van der Waals surface area contributed by atoms with Gasteiger partial charge < -0.3 is 19.8 Å². The number of carbonyl (C=O) groups is 1. The number of amides is 1. The SMILES string of the molecule is CCCCCC/C=C\CCCCCCCC(=O)NC(COP(=O)(O)OCC[N+](C)(C)C)C(O)/C=C/CC/C=C/CCCCCCCCCCCCCCCCCCCCCCCCCCCC. The van der Waals surface area contributed by atoms with Crippen LogP contribution in [0.1, 0.15) is 277 Å². The topological polar surface area (TPSA) is 105 Å². The summed E-state index contributed by atoms with van der Waals surface area (Å²) in [6.07, 6.45) is 64.2. The van der Waals surface area contributed by atoms with Gasteiger partial charge in [0.2, 0.25) is 5.91 Å². The number of carbonyl (C=O) groups excluding carboxylic acids is 1. The van der Waals surface area contributed by atoms with Crippen molar-refractivity contribution in [1.29, 1.82) is 0 Å². The minimum Gasteiger partial charge on any atom is -0.387 e. The van der Waals surface area contributed by atoms with Crippen LogP contribution in [-0.2, 0) is 18.4 Å². The molecule has 396 valence electrons. The molecule has 0 aromatic rings. The summed E-state index contributed by atoms with van der Waals surface area (Å²) in [6, 6.07) is -0.867. The van der Waals surface area contributed by atoms with Crippen molar-refractivity contribution in [2.45, 2.75) is 289 Å². The molecule has 3 unspecified atom stereocenters. The van der Waals surface area contributed by atoms with Gasteiger partial charge in [-0.25, -0.2) is 4.57 Å². The van der Waals surface area contributed by atoms with Crippen LogP contribution in [0.2, 0.25) is 0 Å². The third kappa shape index (κ3) is 52.4. The van der Waals surface area contributed by atoms with Crippen molar-refractivity contribution >= 4 is 13.7 Å². The molecule has 0 heterocycles. The molecule has 0 aliphatic carbocycles. The van der Waals surface area contributed by atoms with E-state index in [0.29, 0.717) is 17.4 Å². The number of nitrogens with one attached hydrogen (secondary N) is 1. The molecule has 9 heteroatoms. The second-order valence-corrected chi connectivity index (χ2v) is 22.5. The summed E-state index contributed by atoms with van der Waals surface area (Å²) in [7, 11) is 1.55. The molecule has 0 radical (unpaired) electrons. The van der Waals surface area contributed by atoms with Gasteiger partial charge in [0.1, 0.15) is 13.2 Å². The van der Waals surface area contributed by atoms with Crippen LogP contribution in [0.3, 0.4) is 0 Å². The Hall–Kier alpha value is -1.28. The van der Waals surface area contributed by atoms with E-state index in [0.717, 1.165) is 51.4 Å². The van der Waals surface area contributed by atoms with Gasteiger partial charge in [-0.05, 0) is 57.8 Å². The van der Waals surface area contributed by atoms with Crippen LogP contribution < -0.4 is 5.32 Å². The molecule has 0 fully saturated rings. The Morgan fingerprint density at radius 1 is 0.493 bits per heavy atom. The van der Waals surface area contributed by atoms with E-state index in [-0.39, 0.29) is 19.1 Å². The Morgan fingerprint density at radius 2 is 0.821 bits per heavy atom. The lowest BCUT2D eigenvalue weighted by Gasteiger charge is -2.25. The van der Waals surface area contributed by atoms with Crippen molar-refractivity contribution in [1.82, 2.24) is 5.32 Å². The summed E-state index contributed by atoms with van der Waals surface area (Å²) < 4.78 is 23.6. The zero-order valence-electron chi connectivity index (χ0n) is 45.2. The highest BCUT2D eigenvalue weighted by Gasteiger charge is 2.27. The number of quaternary nitrogens is 1. The van der Waals surface area contributed by atoms with E-state index in [9.17, 15) is 19.4 Å². The predicted octanol–water partition coefficient (Wildman–Crippen LogP) is 17.4. The number of aliphatic hydroxyl groups excluding tert-OH is 1. The van der Waals surface area contributed by atoms with Crippen molar-refractivity contribution < 1.29 is 32.9 Å². The van der Waals surface area contributed by atoms with Gasteiger partial charge in [-0.15, -0.1) is 0 Å². The number of rotatable bonds is 53. The maximum Gasteiger partial charge on any atom is 0.472 e. The number of hydrogen-bond donors (Lipinski definition) is 3. The fourth-order valence-electron chi connectivity index (χ4n) is 8.53. The van der Waals surface area contributed by atoms with Crippen LogP contribution in [0.5, 0.6) is 0 Å². The molecule has 3 atom stereocenters. The van der Waals surface area contributed by atoms with Crippen LogP contribution in [0.15, 0.2) is 36.5 Å². The van der Waals surface area contributed by atoms with Gasteiger partial charge in [0.05, 0.1) is 39.9 Å². The molecule has 3 N–H and O–H groups in total. The van der Waals surface area contributed by atoms with Crippen molar-refractivity contribution in [3.05, 3.63) is 36.5 Å². The average molecular weight is 967 g/mol. The summed E-state index contributed by atoms with van der Waals surface area (Å²) in [5.41, 5.74) is 0. The number of nitrogens with zero attached hydrogens (tertiary/aromatic N) is 1. The molecular weight excluding hydrogens is 852 g/mol. The molecule has 67 heavy (non-hydrogen) atoms. The van der Waals surface area contributed by atoms with Gasteiger partial charge in [0.25, 0.3) is 0 Å². The van der Waals surface area contributed by atoms with Gasteiger partial charge >= 0.3 is 7.82 Å². The minimum atomic E-state index is -4.35. The first-order valence-electron chi connectivity index (χ1n) is 28.9. The van der Waals surface area contributed by atoms with E-state index in [1.165, 1.54) is 205 Å². The first-order valence-corrected chi connectivity index (χ1v) is 30.4.